The molecule has 2 rings (SSSR count). The van der Waals surface area contributed by atoms with Gasteiger partial charge in [0.15, 0.2) is 0 Å². The molecule has 0 saturated heterocycles. The van der Waals surface area contributed by atoms with Crippen LogP contribution in [0.25, 0.3) is 0 Å². The molecule has 0 radical (unpaired) electrons. The fraction of sp³-hybridized carbons (Fsp3) is 0.231. The van der Waals surface area contributed by atoms with Gasteiger partial charge in [0.1, 0.15) is 12.1 Å². The summed E-state index contributed by atoms with van der Waals surface area (Å²) in [6.45, 7) is 3.74. The number of halogens is 1. The molecule has 0 aliphatic heterocycles. The van der Waals surface area contributed by atoms with Crippen LogP contribution in [0.2, 0.25) is 0 Å². The number of hydrogen-bond donors (Lipinski definition) is 1. The Bertz CT molecular complexity index is 530. The minimum atomic E-state index is 0.760. The lowest BCUT2D eigenvalue weighted by atomic mass is 10.1. The lowest BCUT2D eigenvalue weighted by molar-refractivity contribution is 0.807. The van der Waals surface area contributed by atoms with Crippen LogP contribution in [0.3, 0.4) is 0 Å². The number of rotatable bonds is 4. The van der Waals surface area contributed by atoms with Crippen molar-refractivity contribution in [2.45, 2.75) is 13.5 Å². The second-order valence-electron chi connectivity index (χ2n) is 3.91. The number of benzene rings is 1. The van der Waals surface area contributed by atoms with E-state index in [2.05, 4.69) is 44.4 Å². The number of hydrogen-bond acceptors (Lipinski definition) is 4. The highest BCUT2D eigenvalue weighted by atomic mass is 127. The molecule has 0 aliphatic carbocycles. The Kier molecular flexibility index (Phi) is 4.35. The summed E-state index contributed by atoms with van der Waals surface area (Å²) in [5.74, 6) is 0.955. The molecule has 18 heavy (non-hydrogen) atoms. The van der Waals surface area contributed by atoms with Crippen molar-refractivity contribution in [3.8, 4) is 0 Å². The standard InChI is InChI=1S/C13H15IN4/c1-2-18(13-11(14)7-16-9-17-13)8-10-5-3-4-6-12(10)15/h3-7,9H,2,8,15H2,1H3. The molecule has 0 atom stereocenters. The summed E-state index contributed by atoms with van der Waals surface area (Å²) in [4.78, 5) is 10.5. The van der Waals surface area contributed by atoms with Crippen LogP contribution in [0.1, 0.15) is 12.5 Å². The van der Waals surface area contributed by atoms with Gasteiger partial charge >= 0.3 is 0 Å². The highest BCUT2D eigenvalue weighted by Gasteiger charge is 2.11. The lowest BCUT2D eigenvalue weighted by Crippen LogP contribution is -2.24. The quantitative estimate of drug-likeness (QED) is 0.678. The van der Waals surface area contributed by atoms with Crippen LogP contribution >= 0.6 is 22.6 Å². The molecule has 0 bridgehead atoms. The van der Waals surface area contributed by atoms with E-state index in [9.17, 15) is 0 Å². The van der Waals surface area contributed by atoms with E-state index >= 15 is 0 Å². The Balaban J connectivity index is 2.26. The van der Waals surface area contributed by atoms with Crippen LogP contribution < -0.4 is 10.6 Å². The van der Waals surface area contributed by atoms with E-state index in [1.165, 1.54) is 0 Å². The highest BCUT2D eigenvalue weighted by Crippen LogP contribution is 2.21. The van der Waals surface area contributed by atoms with Crippen molar-refractivity contribution >= 4 is 34.1 Å². The topological polar surface area (TPSA) is 55.0 Å². The Morgan fingerprint density at radius 2 is 2.11 bits per heavy atom. The van der Waals surface area contributed by atoms with Crippen molar-refractivity contribution in [3.63, 3.8) is 0 Å². The number of para-hydroxylation sites is 1. The molecule has 0 fully saturated rings. The number of nitrogens with zero attached hydrogens (tertiary/aromatic N) is 3. The Morgan fingerprint density at radius 1 is 1.33 bits per heavy atom. The average Bonchev–Trinajstić information content (AvgIpc) is 2.39. The number of aromatic nitrogens is 2. The number of nitrogens with two attached hydrogens (primary N) is 1. The SMILES string of the molecule is CCN(Cc1ccccc1N)c1ncncc1I. The van der Waals surface area contributed by atoms with Crippen molar-refractivity contribution in [3.05, 3.63) is 45.9 Å². The molecular weight excluding hydrogens is 339 g/mol. The van der Waals surface area contributed by atoms with E-state index < -0.39 is 0 Å². The minimum Gasteiger partial charge on any atom is -0.398 e. The average molecular weight is 354 g/mol. The van der Waals surface area contributed by atoms with Crippen LogP contribution in [0.5, 0.6) is 0 Å². The van der Waals surface area contributed by atoms with Crippen LogP contribution in [0.4, 0.5) is 11.5 Å². The molecule has 0 amide bonds. The molecule has 0 aliphatic rings. The van der Waals surface area contributed by atoms with Gasteiger partial charge in [-0.3, -0.25) is 0 Å². The van der Waals surface area contributed by atoms with Crippen LogP contribution in [0, 0.1) is 3.57 Å². The smallest absolute Gasteiger partial charge is 0.145 e. The first-order valence-corrected chi connectivity index (χ1v) is 6.84. The van der Waals surface area contributed by atoms with Gasteiger partial charge in [0.2, 0.25) is 0 Å². The normalized spacial score (nSPS) is 10.3. The Morgan fingerprint density at radius 3 is 2.78 bits per heavy atom. The Hall–Kier alpha value is -1.37. The molecule has 94 valence electrons. The summed E-state index contributed by atoms with van der Waals surface area (Å²) in [6.07, 6.45) is 3.40. The molecule has 4 nitrogen and oxygen atoms in total. The number of anilines is 2. The van der Waals surface area contributed by atoms with Gasteiger partial charge in [-0.15, -0.1) is 0 Å². The third-order valence-electron chi connectivity index (χ3n) is 2.75. The van der Waals surface area contributed by atoms with Crippen molar-refractivity contribution in [2.24, 2.45) is 0 Å². The van der Waals surface area contributed by atoms with Crippen molar-refractivity contribution in [1.29, 1.82) is 0 Å². The van der Waals surface area contributed by atoms with Gasteiger partial charge in [-0.05, 0) is 41.1 Å². The van der Waals surface area contributed by atoms with Gasteiger partial charge in [-0.2, -0.15) is 0 Å². The first kappa shape index (κ1) is 13.1. The second-order valence-corrected chi connectivity index (χ2v) is 5.07. The number of nitrogen functional groups attached to an aromatic ring is 1. The fourth-order valence-electron chi connectivity index (χ4n) is 1.76. The van der Waals surface area contributed by atoms with Crippen molar-refractivity contribution in [2.75, 3.05) is 17.2 Å². The largest absolute Gasteiger partial charge is 0.398 e. The van der Waals surface area contributed by atoms with Gasteiger partial charge in [0.25, 0.3) is 0 Å². The first-order chi connectivity index (χ1) is 8.72. The third kappa shape index (κ3) is 2.90. The maximum absolute atomic E-state index is 5.98. The summed E-state index contributed by atoms with van der Waals surface area (Å²) >= 11 is 2.25. The molecule has 1 heterocycles. The molecule has 0 spiro atoms. The first-order valence-electron chi connectivity index (χ1n) is 5.76. The van der Waals surface area contributed by atoms with Crippen LogP contribution in [0.15, 0.2) is 36.8 Å². The van der Waals surface area contributed by atoms with E-state index in [0.717, 1.165) is 33.7 Å². The molecule has 1 aromatic heterocycles. The summed E-state index contributed by atoms with van der Waals surface area (Å²) in [5.41, 5.74) is 7.92. The van der Waals surface area contributed by atoms with E-state index in [1.807, 2.05) is 30.5 Å². The molecule has 5 heteroatoms. The maximum Gasteiger partial charge on any atom is 0.145 e. The summed E-state index contributed by atoms with van der Waals surface area (Å²) in [6, 6.07) is 7.92. The zero-order chi connectivity index (χ0) is 13.0. The van der Waals surface area contributed by atoms with Gasteiger partial charge in [0, 0.05) is 25.0 Å². The predicted octanol–water partition coefficient (Wildman–Crippen LogP) is 2.69. The van der Waals surface area contributed by atoms with Crippen LogP contribution in [-0.4, -0.2) is 16.5 Å². The molecule has 0 saturated carbocycles. The Labute approximate surface area is 120 Å². The zero-order valence-electron chi connectivity index (χ0n) is 10.2. The fourth-order valence-corrected chi connectivity index (χ4v) is 2.40. The van der Waals surface area contributed by atoms with E-state index in [4.69, 9.17) is 5.73 Å². The maximum atomic E-state index is 5.98. The van der Waals surface area contributed by atoms with Gasteiger partial charge in [0.05, 0.1) is 3.57 Å². The van der Waals surface area contributed by atoms with E-state index in [-0.39, 0.29) is 0 Å². The third-order valence-corrected chi connectivity index (χ3v) is 3.51. The van der Waals surface area contributed by atoms with Crippen LogP contribution in [-0.2, 0) is 6.54 Å². The van der Waals surface area contributed by atoms with Crippen molar-refractivity contribution < 1.29 is 0 Å². The summed E-state index contributed by atoms with van der Waals surface area (Å²) in [7, 11) is 0. The highest BCUT2D eigenvalue weighted by molar-refractivity contribution is 14.1. The van der Waals surface area contributed by atoms with Gasteiger partial charge in [-0.25, -0.2) is 9.97 Å². The summed E-state index contributed by atoms with van der Waals surface area (Å²) < 4.78 is 1.05. The molecule has 0 unspecified atom stereocenters. The molecule has 1 aromatic carbocycles. The second kappa shape index (κ2) is 5.99. The minimum absolute atomic E-state index is 0.760. The van der Waals surface area contributed by atoms with E-state index in [1.54, 1.807) is 6.33 Å². The predicted molar refractivity (Wildman–Crippen MR) is 82.3 cm³/mol. The molecule has 2 N–H and O–H groups in total. The van der Waals surface area contributed by atoms with Gasteiger partial charge < -0.3 is 10.6 Å². The zero-order valence-corrected chi connectivity index (χ0v) is 12.3. The monoisotopic (exact) mass is 354 g/mol. The van der Waals surface area contributed by atoms with Gasteiger partial charge in [-0.1, -0.05) is 18.2 Å². The summed E-state index contributed by atoms with van der Waals surface area (Å²) in [5, 5.41) is 0. The van der Waals surface area contributed by atoms with E-state index in [0.29, 0.717) is 0 Å². The lowest BCUT2D eigenvalue weighted by Gasteiger charge is -2.23. The molecular formula is C13H15IN4. The van der Waals surface area contributed by atoms with Crippen molar-refractivity contribution in [1.82, 2.24) is 9.97 Å². The molecule has 2 aromatic rings.